The quantitative estimate of drug-likeness (QED) is 0.385. The van der Waals surface area contributed by atoms with E-state index >= 15 is 0 Å². The van der Waals surface area contributed by atoms with E-state index in [2.05, 4.69) is 15.1 Å². The number of hydrogen-bond acceptors (Lipinski definition) is 6. The largest absolute Gasteiger partial charge is 0.493 e. The van der Waals surface area contributed by atoms with E-state index in [0.29, 0.717) is 42.7 Å². The third-order valence-corrected chi connectivity index (χ3v) is 6.06. The maximum atomic E-state index is 13.2. The third-order valence-electron chi connectivity index (χ3n) is 6.06. The van der Waals surface area contributed by atoms with Gasteiger partial charge in [0.15, 0.2) is 0 Å². The molecule has 1 fully saturated rings. The Labute approximate surface area is 202 Å². The van der Waals surface area contributed by atoms with Gasteiger partial charge in [-0.25, -0.2) is 4.39 Å². The van der Waals surface area contributed by atoms with Gasteiger partial charge in [-0.3, -0.25) is 9.78 Å². The second kappa shape index (κ2) is 10.0. The first-order valence-electron chi connectivity index (χ1n) is 11.6. The van der Waals surface area contributed by atoms with Crippen LogP contribution in [0.3, 0.4) is 0 Å². The van der Waals surface area contributed by atoms with E-state index in [1.807, 2.05) is 48.2 Å². The number of benzene rings is 2. The number of piperidine rings is 1. The van der Waals surface area contributed by atoms with Crippen molar-refractivity contribution in [1.29, 1.82) is 0 Å². The highest BCUT2D eigenvalue weighted by atomic mass is 19.1. The van der Waals surface area contributed by atoms with Crippen molar-refractivity contribution in [3.8, 4) is 28.6 Å². The first kappa shape index (κ1) is 22.7. The van der Waals surface area contributed by atoms with Crippen LogP contribution in [0.2, 0.25) is 0 Å². The van der Waals surface area contributed by atoms with Gasteiger partial charge in [0.05, 0.1) is 6.61 Å². The highest BCUT2D eigenvalue weighted by molar-refractivity contribution is 5.94. The lowest BCUT2D eigenvalue weighted by Crippen LogP contribution is -2.41. The molecule has 0 spiro atoms. The summed E-state index contributed by atoms with van der Waals surface area (Å²) >= 11 is 0. The Bertz CT molecular complexity index is 1300. The first-order valence-corrected chi connectivity index (χ1v) is 11.6. The second-order valence-electron chi connectivity index (χ2n) is 8.72. The van der Waals surface area contributed by atoms with Crippen LogP contribution in [0.1, 0.15) is 28.9 Å². The van der Waals surface area contributed by atoms with Gasteiger partial charge in [-0.2, -0.15) is 4.98 Å². The van der Waals surface area contributed by atoms with Crippen molar-refractivity contribution >= 4 is 5.91 Å². The van der Waals surface area contributed by atoms with Gasteiger partial charge in [0, 0.05) is 47.6 Å². The molecule has 0 N–H and O–H groups in total. The molecule has 4 aromatic rings. The van der Waals surface area contributed by atoms with Crippen molar-refractivity contribution < 1.29 is 18.4 Å². The van der Waals surface area contributed by atoms with Crippen LogP contribution in [0, 0.1) is 18.7 Å². The lowest BCUT2D eigenvalue weighted by Gasteiger charge is -2.32. The monoisotopic (exact) mass is 472 g/mol. The van der Waals surface area contributed by atoms with Gasteiger partial charge < -0.3 is 14.2 Å². The number of rotatable bonds is 6. The molecule has 0 saturated carbocycles. The van der Waals surface area contributed by atoms with E-state index < -0.39 is 0 Å². The molecule has 2 aromatic carbocycles. The summed E-state index contributed by atoms with van der Waals surface area (Å²) in [6.45, 7) is 3.71. The maximum absolute atomic E-state index is 13.2. The summed E-state index contributed by atoms with van der Waals surface area (Å²) in [6, 6.07) is 17.0. The lowest BCUT2D eigenvalue weighted by atomic mass is 9.98. The van der Waals surface area contributed by atoms with Crippen LogP contribution in [0.25, 0.3) is 22.8 Å². The molecular weight excluding hydrogens is 447 g/mol. The number of nitrogens with zero attached hydrogens (tertiary/aromatic N) is 4. The van der Waals surface area contributed by atoms with Gasteiger partial charge in [0.2, 0.25) is 5.82 Å². The zero-order valence-corrected chi connectivity index (χ0v) is 19.4. The molecule has 0 aliphatic carbocycles. The molecule has 7 nitrogen and oxygen atoms in total. The average Bonchev–Trinajstić information content (AvgIpc) is 3.39. The van der Waals surface area contributed by atoms with E-state index in [1.54, 1.807) is 6.20 Å². The van der Waals surface area contributed by atoms with Crippen LogP contribution in [0.4, 0.5) is 4.39 Å². The summed E-state index contributed by atoms with van der Waals surface area (Å²) in [6.07, 6.45) is 3.60. The van der Waals surface area contributed by atoms with Crippen molar-refractivity contribution in [2.75, 3.05) is 19.7 Å². The van der Waals surface area contributed by atoms with Gasteiger partial charge in [-0.05, 0) is 74.4 Å². The van der Waals surface area contributed by atoms with Gasteiger partial charge in [0.25, 0.3) is 11.8 Å². The van der Waals surface area contributed by atoms with Crippen molar-refractivity contribution in [2.24, 2.45) is 5.92 Å². The Balaban J connectivity index is 1.21. The van der Waals surface area contributed by atoms with Gasteiger partial charge in [-0.1, -0.05) is 11.2 Å². The standard InChI is InChI=1S/C27H25FN4O3/c1-18-7-8-22(15-29-18)25-30-26(35-31-25)21-5-2-6-24(14-21)34-17-19-4-3-13-32(16-19)27(33)20-9-11-23(28)12-10-20/h2,5-12,14-15,19H,3-4,13,16-17H2,1H3. The van der Waals surface area contributed by atoms with E-state index in [1.165, 1.54) is 24.3 Å². The Morgan fingerprint density at radius 3 is 2.80 bits per heavy atom. The van der Waals surface area contributed by atoms with Crippen LogP contribution in [0.5, 0.6) is 5.75 Å². The Morgan fingerprint density at radius 1 is 1.14 bits per heavy atom. The predicted molar refractivity (Wildman–Crippen MR) is 128 cm³/mol. The number of aromatic nitrogens is 3. The molecule has 5 rings (SSSR count). The van der Waals surface area contributed by atoms with Crippen LogP contribution < -0.4 is 4.74 Å². The van der Waals surface area contributed by atoms with E-state index in [9.17, 15) is 9.18 Å². The fraction of sp³-hybridized carbons (Fsp3) is 0.259. The summed E-state index contributed by atoms with van der Waals surface area (Å²) in [5, 5.41) is 4.07. The number of carbonyl (C=O) groups is 1. The second-order valence-corrected chi connectivity index (χ2v) is 8.72. The van der Waals surface area contributed by atoms with Crippen LogP contribution >= 0.6 is 0 Å². The van der Waals surface area contributed by atoms with Crippen LogP contribution in [0.15, 0.2) is 71.4 Å². The summed E-state index contributed by atoms with van der Waals surface area (Å²) in [5.74, 6) is 1.36. The van der Waals surface area contributed by atoms with Crippen molar-refractivity contribution in [3.63, 3.8) is 0 Å². The minimum atomic E-state index is -0.349. The van der Waals surface area contributed by atoms with Gasteiger partial charge in [0.1, 0.15) is 11.6 Å². The Morgan fingerprint density at radius 2 is 2.00 bits per heavy atom. The molecule has 8 heteroatoms. The zero-order valence-electron chi connectivity index (χ0n) is 19.4. The average molecular weight is 473 g/mol. The predicted octanol–water partition coefficient (Wildman–Crippen LogP) is 5.18. The SMILES string of the molecule is Cc1ccc(-c2noc(-c3cccc(OCC4CCCN(C(=O)c5ccc(F)cc5)C4)c3)n2)cn1. The maximum Gasteiger partial charge on any atom is 0.258 e. The van der Waals surface area contributed by atoms with E-state index in [4.69, 9.17) is 9.26 Å². The number of ether oxygens (including phenoxy) is 1. The number of likely N-dealkylation sites (tertiary alicyclic amines) is 1. The number of hydrogen-bond donors (Lipinski definition) is 0. The molecule has 0 bridgehead atoms. The summed E-state index contributed by atoms with van der Waals surface area (Å²) < 4.78 is 24.7. The van der Waals surface area contributed by atoms with Crippen LogP contribution in [-0.4, -0.2) is 45.6 Å². The summed E-state index contributed by atoms with van der Waals surface area (Å²) in [5.41, 5.74) is 2.97. The number of pyridine rings is 1. The first-order chi connectivity index (χ1) is 17.0. The highest BCUT2D eigenvalue weighted by Gasteiger charge is 2.25. The molecule has 0 radical (unpaired) electrons. The molecule has 1 aliphatic rings. The van der Waals surface area contributed by atoms with Crippen LogP contribution in [-0.2, 0) is 0 Å². The lowest BCUT2D eigenvalue weighted by molar-refractivity contribution is 0.0633. The summed E-state index contributed by atoms with van der Waals surface area (Å²) in [7, 11) is 0. The number of halogens is 1. The highest BCUT2D eigenvalue weighted by Crippen LogP contribution is 2.26. The topological polar surface area (TPSA) is 81.4 Å². The number of aryl methyl sites for hydroxylation is 1. The fourth-order valence-electron chi connectivity index (χ4n) is 4.15. The molecule has 2 aromatic heterocycles. The Kier molecular flexibility index (Phi) is 6.52. The van der Waals surface area contributed by atoms with Gasteiger partial charge in [-0.15, -0.1) is 0 Å². The molecular formula is C27H25FN4O3. The normalized spacial score (nSPS) is 15.7. The summed E-state index contributed by atoms with van der Waals surface area (Å²) in [4.78, 5) is 23.4. The molecule has 1 aliphatic heterocycles. The Hall–Kier alpha value is -4.07. The molecule has 1 atom stereocenters. The molecule has 1 unspecified atom stereocenters. The molecule has 3 heterocycles. The van der Waals surface area contributed by atoms with E-state index in [-0.39, 0.29) is 17.6 Å². The molecule has 178 valence electrons. The minimum absolute atomic E-state index is 0.0762. The number of amides is 1. The van der Waals surface area contributed by atoms with Crippen molar-refractivity contribution in [3.05, 3.63) is 83.9 Å². The molecule has 1 amide bonds. The third kappa shape index (κ3) is 5.37. The zero-order chi connectivity index (χ0) is 24.2. The molecule has 35 heavy (non-hydrogen) atoms. The van der Waals surface area contributed by atoms with Crippen molar-refractivity contribution in [1.82, 2.24) is 20.0 Å². The van der Waals surface area contributed by atoms with Crippen molar-refractivity contribution in [2.45, 2.75) is 19.8 Å². The minimum Gasteiger partial charge on any atom is -0.493 e. The van der Waals surface area contributed by atoms with Gasteiger partial charge >= 0.3 is 0 Å². The smallest absolute Gasteiger partial charge is 0.258 e. The fourth-order valence-corrected chi connectivity index (χ4v) is 4.15. The number of carbonyl (C=O) groups excluding carboxylic acids is 1. The van der Waals surface area contributed by atoms with E-state index in [0.717, 1.165) is 29.7 Å². The molecule has 1 saturated heterocycles.